The van der Waals surface area contributed by atoms with Gasteiger partial charge in [0.2, 0.25) is 5.79 Å². The largest absolute Gasteiger partial charge is 0.481 e. The summed E-state index contributed by atoms with van der Waals surface area (Å²) in [5, 5.41) is 18.5. The van der Waals surface area contributed by atoms with Crippen LogP contribution < -0.4 is 0 Å². The first kappa shape index (κ1) is 10.4. The van der Waals surface area contributed by atoms with Crippen molar-refractivity contribution in [3.63, 3.8) is 0 Å². The highest BCUT2D eigenvalue weighted by molar-refractivity contribution is 9.11. The van der Waals surface area contributed by atoms with Crippen LogP contribution >= 0.6 is 15.9 Å². The number of carboxylic acid groups (broad SMARTS) is 1. The molecule has 1 aliphatic rings. The van der Waals surface area contributed by atoms with Crippen molar-refractivity contribution in [2.24, 2.45) is 5.92 Å². The molecule has 1 rings (SSSR count). The third-order valence-corrected chi connectivity index (χ3v) is 2.37. The van der Waals surface area contributed by atoms with E-state index < -0.39 is 17.7 Å². The van der Waals surface area contributed by atoms with Crippen molar-refractivity contribution in [2.75, 3.05) is 7.11 Å². The van der Waals surface area contributed by atoms with Gasteiger partial charge in [-0.3, -0.25) is 4.79 Å². The number of carboxylic acids is 1. The summed E-state index contributed by atoms with van der Waals surface area (Å²) in [4.78, 5) is 10.7. The third kappa shape index (κ3) is 1.99. The summed E-state index contributed by atoms with van der Waals surface area (Å²) in [6, 6.07) is 0. The molecule has 0 heterocycles. The Labute approximate surface area is 83.6 Å². The maximum Gasteiger partial charge on any atom is 0.316 e. The van der Waals surface area contributed by atoms with Crippen LogP contribution in [0.25, 0.3) is 0 Å². The molecule has 0 fully saturated rings. The van der Waals surface area contributed by atoms with Crippen LogP contribution in [0.1, 0.15) is 0 Å². The first-order valence-corrected chi connectivity index (χ1v) is 4.36. The van der Waals surface area contributed by atoms with E-state index in [-0.39, 0.29) is 0 Å². The van der Waals surface area contributed by atoms with Gasteiger partial charge < -0.3 is 14.9 Å². The number of aliphatic carboxylic acids is 1. The molecule has 5 heteroatoms. The van der Waals surface area contributed by atoms with Crippen LogP contribution in [0.2, 0.25) is 0 Å². The predicted octanol–water partition coefficient (Wildman–Crippen LogP) is 0.871. The molecule has 2 N–H and O–H groups in total. The lowest BCUT2D eigenvalue weighted by Crippen LogP contribution is -2.42. The zero-order chi connectivity index (χ0) is 10.1. The Morgan fingerprint density at radius 1 is 1.77 bits per heavy atom. The predicted molar refractivity (Wildman–Crippen MR) is 49.2 cm³/mol. The van der Waals surface area contributed by atoms with Crippen LogP contribution in [0, 0.1) is 5.92 Å². The lowest BCUT2D eigenvalue weighted by Gasteiger charge is -2.29. The number of hydrogen-bond acceptors (Lipinski definition) is 3. The number of halogens is 1. The van der Waals surface area contributed by atoms with Gasteiger partial charge in [-0.2, -0.15) is 0 Å². The molecule has 0 saturated heterocycles. The van der Waals surface area contributed by atoms with E-state index in [2.05, 4.69) is 15.9 Å². The van der Waals surface area contributed by atoms with E-state index in [1.807, 2.05) is 0 Å². The average molecular weight is 249 g/mol. The van der Waals surface area contributed by atoms with Crippen molar-refractivity contribution >= 4 is 21.9 Å². The van der Waals surface area contributed by atoms with Crippen LogP contribution in [-0.4, -0.2) is 29.1 Å². The van der Waals surface area contributed by atoms with Crippen LogP contribution in [-0.2, 0) is 9.53 Å². The van der Waals surface area contributed by atoms with Crippen molar-refractivity contribution < 1.29 is 19.7 Å². The Kier molecular flexibility index (Phi) is 2.90. The maximum absolute atomic E-state index is 10.7. The summed E-state index contributed by atoms with van der Waals surface area (Å²) in [5.41, 5.74) is 0. The van der Waals surface area contributed by atoms with Gasteiger partial charge >= 0.3 is 5.97 Å². The topological polar surface area (TPSA) is 66.8 Å². The second kappa shape index (κ2) is 3.61. The zero-order valence-corrected chi connectivity index (χ0v) is 8.48. The SMILES string of the molecule is COC1(O)C=CC(Br)=CC1C(=O)O. The molecular weight excluding hydrogens is 240 g/mol. The van der Waals surface area contributed by atoms with Gasteiger partial charge in [0.05, 0.1) is 0 Å². The smallest absolute Gasteiger partial charge is 0.316 e. The van der Waals surface area contributed by atoms with Gasteiger partial charge in [0, 0.05) is 11.6 Å². The van der Waals surface area contributed by atoms with Crippen LogP contribution in [0.5, 0.6) is 0 Å². The highest BCUT2D eigenvalue weighted by atomic mass is 79.9. The van der Waals surface area contributed by atoms with Crippen LogP contribution in [0.3, 0.4) is 0 Å². The zero-order valence-electron chi connectivity index (χ0n) is 6.90. The molecule has 1 aliphatic carbocycles. The number of aliphatic hydroxyl groups is 1. The molecule has 0 aromatic rings. The Morgan fingerprint density at radius 2 is 2.38 bits per heavy atom. The summed E-state index contributed by atoms with van der Waals surface area (Å²) >= 11 is 3.12. The van der Waals surface area contributed by atoms with Gasteiger partial charge in [0.25, 0.3) is 0 Å². The van der Waals surface area contributed by atoms with Gasteiger partial charge in [-0.05, 0) is 12.2 Å². The highest BCUT2D eigenvalue weighted by Gasteiger charge is 2.40. The number of rotatable bonds is 2. The number of ether oxygens (including phenoxy) is 1. The molecule has 0 aromatic heterocycles. The average Bonchev–Trinajstić information content (AvgIpc) is 2.09. The fraction of sp³-hybridized carbons (Fsp3) is 0.375. The minimum absolute atomic E-state index is 0.613. The number of hydrogen-bond donors (Lipinski definition) is 2. The molecule has 0 radical (unpaired) electrons. The standard InChI is InChI=1S/C8H9BrO4/c1-13-8(12)3-2-5(9)4-6(8)7(10)11/h2-4,6,12H,1H3,(H,10,11). The number of methoxy groups -OCH3 is 1. The minimum atomic E-state index is -1.75. The molecule has 72 valence electrons. The highest BCUT2D eigenvalue weighted by Crippen LogP contribution is 2.30. The van der Waals surface area contributed by atoms with E-state index in [4.69, 9.17) is 9.84 Å². The second-order valence-corrected chi connectivity index (χ2v) is 3.57. The normalized spacial score (nSPS) is 32.8. The van der Waals surface area contributed by atoms with Crippen molar-refractivity contribution in [1.29, 1.82) is 0 Å². The summed E-state index contributed by atoms with van der Waals surface area (Å²) in [6.07, 6.45) is 4.23. The van der Waals surface area contributed by atoms with Gasteiger partial charge in [0.15, 0.2) is 0 Å². The van der Waals surface area contributed by atoms with Crippen LogP contribution in [0.4, 0.5) is 0 Å². The maximum atomic E-state index is 10.7. The van der Waals surface area contributed by atoms with Crippen molar-refractivity contribution in [3.8, 4) is 0 Å². The van der Waals surface area contributed by atoms with E-state index in [1.54, 1.807) is 6.08 Å². The molecule has 2 atom stereocenters. The monoisotopic (exact) mass is 248 g/mol. The fourth-order valence-corrected chi connectivity index (χ4v) is 1.48. The molecule has 0 aromatic carbocycles. The lowest BCUT2D eigenvalue weighted by molar-refractivity contribution is -0.189. The van der Waals surface area contributed by atoms with Gasteiger partial charge in [-0.25, -0.2) is 0 Å². The number of carbonyl (C=O) groups is 1. The Hall–Kier alpha value is -0.650. The third-order valence-electron chi connectivity index (χ3n) is 1.85. The molecule has 13 heavy (non-hydrogen) atoms. The molecule has 4 nitrogen and oxygen atoms in total. The van der Waals surface area contributed by atoms with Crippen molar-refractivity contribution in [3.05, 3.63) is 22.7 Å². The summed E-state index contributed by atoms with van der Waals surface area (Å²) in [7, 11) is 1.26. The molecule has 0 spiro atoms. The van der Waals surface area contributed by atoms with Crippen molar-refractivity contribution in [1.82, 2.24) is 0 Å². The van der Waals surface area contributed by atoms with Gasteiger partial charge in [0.1, 0.15) is 5.92 Å². The Balaban J connectivity index is 3.01. The Bertz CT molecular complexity index is 284. The van der Waals surface area contributed by atoms with Crippen LogP contribution in [0.15, 0.2) is 22.7 Å². The van der Waals surface area contributed by atoms with E-state index in [0.717, 1.165) is 0 Å². The van der Waals surface area contributed by atoms with Gasteiger partial charge in [-0.1, -0.05) is 22.0 Å². The lowest BCUT2D eigenvalue weighted by atomic mass is 9.94. The van der Waals surface area contributed by atoms with E-state index in [1.165, 1.54) is 19.3 Å². The van der Waals surface area contributed by atoms with E-state index in [9.17, 15) is 9.90 Å². The number of allylic oxidation sites excluding steroid dienone is 2. The summed E-state index contributed by atoms with van der Waals surface area (Å²) < 4.78 is 5.34. The molecule has 0 bridgehead atoms. The quantitative estimate of drug-likeness (QED) is 0.712. The minimum Gasteiger partial charge on any atom is -0.481 e. The summed E-state index contributed by atoms with van der Waals surface area (Å²) in [5.74, 6) is -3.97. The second-order valence-electron chi connectivity index (χ2n) is 2.66. The summed E-state index contributed by atoms with van der Waals surface area (Å²) in [6.45, 7) is 0. The van der Waals surface area contributed by atoms with Gasteiger partial charge in [-0.15, -0.1) is 0 Å². The van der Waals surface area contributed by atoms with Crippen molar-refractivity contribution in [2.45, 2.75) is 5.79 Å². The fourth-order valence-electron chi connectivity index (χ4n) is 1.08. The molecule has 0 aliphatic heterocycles. The first-order valence-electron chi connectivity index (χ1n) is 3.56. The molecule has 0 amide bonds. The Morgan fingerprint density at radius 3 is 2.85 bits per heavy atom. The molecule has 0 saturated carbocycles. The van der Waals surface area contributed by atoms with E-state index in [0.29, 0.717) is 4.48 Å². The first-order chi connectivity index (χ1) is 5.99. The molecule has 2 unspecified atom stereocenters. The van der Waals surface area contributed by atoms with E-state index >= 15 is 0 Å². The molecular formula is C8H9BrO4.